The van der Waals surface area contributed by atoms with Crippen molar-refractivity contribution in [3.05, 3.63) is 54.6 Å². The highest BCUT2D eigenvalue weighted by molar-refractivity contribution is 5.80. The number of carbonyl (C=O) groups is 1. The number of unbranched alkanes of at least 4 members (excludes halogenated alkanes) is 1. The lowest BCUT2D eigenvalue weighted by Gasteiger charge is -2.18. The van der Waals surface area contributed by atoms with Crippen LogP contribution in [-0.4, -0.2) is 22.0 Å². The first-order valence-electron chi connectivity index (χ1n) is 7.10. The van der Waals surface area contributed by atoms with Crippen LogP contribution in [0.2, 0.25) is 0 Å². The highest BCUT2D eigenvalue weighted by Crippen LogP contribution is 2.14. The van der Waals surface area contributed by atoms with Gasteiger partial charge in [-0.15, -0.1) is 0 Å². The van der Waals surface area contributed by atoms with Gasteiger partial charge in [-0.2, -0.15) is 0 Å². The van der Waals surface area contributed by atoms with Crippen LogP contribution in [0.25, 0.3) is 0 Å². The Morgan fingerprint density at radius 3 is 2.80 bits per heavy atom. The van der Waals surface area contributed by atoms with E-state index in [1.807, 2.05) is 41.1 Å². The molecule has 2 rings (SSSR count). The molecule has 0 bridgehead atoms. The number of aromatic nitrogens is 2. The first-order chi connectivity index (χ1) is 9.81. The first-order valence-corrected chi connectivity index (χ1v) is 7.10. The average Bonchev–Trinajstić information content (AvgIpc) is 3.00. The van der Waals surface area contributed by atoms with E-state index in [4.69, 9.17) is 0 Å². The van der Waals surface area contributed by atoms with Crippen molar-refractivity contribution in [2.24, 2.45) is 0 Å². The zero-order valence-corrected chi connectivity index (χ0v) is 11.8. The fourth-order valence-electron chi connectivity index (χ4n) is 2.13. The standard InChI is InChI=1S/C16H21N3O/c1-2-3-9-18-16(20)15(19-11-10-17-13-19)12-14-7-5-4-6-8-14/h4-8,10-11,13,15H,2-3,9,12H2,1H3,(H,18,20)/t15-/m0/s1. The number of carbonyl (C=O) groups excluding carboxylic acids is 1. The molecule has 106 valence electrons. The van der Waals surface area contributed by atoms with Crippen molar-refractivity contribution in [3.63, 3.8) is 0 Å². The van der Waals surface area contributed by atoms with Crippen LogP contribution < -0.4 is 5.32 Å². The Labute approximate surface area is 119 Å². The monoisotopic (exact) mass is 271 g/mol. The number of amides is 1. The van der Waals surface area contributed by atoms with Crippen molar-refractivity contribution >= 4 is 5.91 Å². The molecule has 0 saturated carbocycles. The second kappa shape index (κ2) is 7.48. The topological polar surface area (TPSA) is 46.9 Å². The Hall–Kier alpha value is -2.10. The lowest BCUT2D eigenvalue weighted by Crippen LogP contribution is -2.34. The van der Waals surface area contributed by atoms with Gasteiger partial charge in [0.05, 0.1) is 6.33 Å². The molecule has 4 heteroatoms. The zero-order valence-electron chi connectivity index (χ0n) is 11.8. The van der Waals surface area contributed by atoms with Crippen LogP contribution >= 0.6 is 0 Å². The predicted octanol–water partition coefficient (Wildman–Crippen LogP) is 2.58. The van der Waals surface area contributed by atoms with Gasteiger partial charge in [0.2, 0.25) is 5.91 Å². The lowest BCUT2D eigenvalue weighted by atomic mass is 10.1. The third-order valence-corrected chi connectivity index (χ3v) is 3.29. The van der Waals surface area contributed by atoms with E-state index < -0.39 is 0 Å². The van der Waals surface area contributed by atoms with Crippen LogP contribution in [0.4, 0.5) is 0 Å². The molecule has 2 aromatic rings. The summed E-state index contributed by atoms with van der Waals surface area (Å²) in [4.78, 5) is 16.4. The molecule has 20 heavy (non-hydrogen) atoms. The number of rotatable bonds is 7. The number of benzene rings is 1. The molecular formula is C16H21N3O. The summed E-state index contributed by atoms with van der Waals surface area (Å²) in [6.45, 7) is 2.85. The summed E-state index contributed by atoms with van der Waals surface area (Å²) >= 11 is 0. The Morgan fingerprint density at radius 2 is 2.15 bits per heavy atom. The van der Waals surface area contributed by atoms with Gasteiger partial charge in [-0.25, -0.2) is 4.98 Å². The van der Waals surface area contributed by atoms with Gasteiger partial charge in [-0.1, -0.05) is 43.7 Å². The lowest BCUT2D eigenvalue weighted by molar-refractivity contribution is -0.124. The molecule has 1 atom stereocenters. The smallest absolute Gasteiger partial charge is 0.243 e. The summed E-state index contributed by atoms with van der Waals surface area (Å²) in [7, 11) is 0. The molecule has 1 aromatic carbocycles. The molecule has 1 amide bonds. The van der Waals surface area contributed by atoms with Gasteiger partial charge in [0, 0.05) is 25.4 Å². The van der Waals surface area contributed by atoms with Crippen LogP contribution in [0.15, 0.2) is 49.1 Å². The van der Waals surface area contributed by atoms with Gasteiger partial charge in [0.15, 0.2) is 0 Å². The van der Waals surface area contributed by atoms with E-state index in [1.54, 1.807) is 12.5 Å². The number of hydrogen-bond donors (Lipinski definition) is 1. The minimum Gasteiger partial charge on any atom is -0.354 e. The van der Waals surface area contributed by atoms with E-state index in [-0.39, 0.29) is 11.9 Å². The van der Waals surface area contributed by atoms with E-state index in [0.717, 1.165) is 24.9 Å². The summed E-state index contributed by atoms with van der Waals surface area (Å²) in [5.74, 6) is 0.0558. The second-order valence-electron chi connectivity index (χ2n) is 4.86. The molecule has 0 unspecified atom stereocenters. The molecule has 0 saturated heterocycles. The SMILES string of the molecule is CCCCNC(=O)[C@H](Cc1ccccc1)n1ccnc1. The van der Waals surface area contributed by atoms with E-state index in [9.17, 15) is 4.79 Å². The van der Waals surface area contributed by atoms with Crippen molar-refractivity contribution in [2.75, 3.05) is 6.54 Å². The van der Waals surface area contributed by atoms with Crippen molar-refractivity contribution < 1.29 is 4.79 Å². The maximum absolute atomic E-state index is 12.4. The van der Waals surface area contributed by atoms with Crippen molar-refractivity contribution in [1.29, 1.82) is 0 Å². The maximum Gasteiger partial charge on any atom is 0.243 e. The Balaban J connectivity index is 2.07. The third kappa shape index (κ3) is 3.95. The summed E-state index contributed by atoms with van der Waals surface area (Å²) in [5, 5.41) is 3.00. The molecule has 0 aliphatic heterocycles. The van der Waals surface area contributed by atoms with Gasteiger partial charge in [-0.3, -0.25) is 4.79 Å². The van der Waals surface area contributed by atoms with Gasteiger partial charge in [0.25, 0.3) is 0 Å². The normalized spacial score (nSPS) is 12.1. The van der Waals surface area contributed by atoms with Gasteiger partial charge >= 0.3 is 0 Å². The summed E-state index contributed by atoms with van der Waals surface area (Å²) < 4.78 is 1.87. The second-order valence-corrected chi connectivity index (χ2v) is 4.86. The highest BCUT2D eigenvalue weighted by Gasteiger charge is 2.19. The summed E-state index contributed by atoms with van der Waals surface area (Å²) in [6.07, 6.45) is 8.01. The van der Waals surface area contributed by atoms with E-state index in [1.165, 1.54) is 0 Å². The van der Waals surface area contributed by atoms with Crippen molar-refractivity contribution in [1.82, 2.24) is 14.9 Å². The predicted molar refractivity (Wildman–Crippen MR) is 79.3 cm³/mol. The van der Waals surface area contributed by atoms with Gasteiger partial charge in [-0.05, 0) is 12.0 Å². The molecule has 4 nitrogen and oxygen atoms in total. The highest BCUT2D eigenvalue weighted by atomic mass is 16.2. The minimum absolute atomic E-state index is 0.0558. The minimum atomic E-state index is -0.239. The largest absolute Gasteiger partial charge is 0.354 e. The Bertz CT molecular complexity index is 508. The molecule has 1 heterocycles. The molecule has 0 spiro atoms. The van der Waals surface area contributed by atoms with E-state index in [2.05, 4.69) is 17.2 Å². The van der Waals surface area contributed by atoms with Crippen LogP contribution in [0.1, 0.15) is 31.4 Å². The quantitative estimate of drug-likeness (QED) is 0.787. The molecule has 0 fully saturated rings. The summed E-state index contributed by atoms with van der Waals surface area (Å²) in [5.41, 5.74) is 1.15. The average molecular weight is 271 g/mol. The fraction of sp³-hybridized carbons (Fsp3) is 0.375. The molecular weight excluding hydrogens is 250 g/mol. The number of nitrogens with one attached hydrogen (secondary N) is 1. The Morgan fingerprint density at radius 1 is 1.35 bits per heavy atom. The fourth-order valence-corrected chi connectivity index (χ4v) is 2.13. The number of hydrogen-bond acceptors (Lipinski definition) is 2. The first kappa shape index (κ1) is 14.3. The van der Waals surface area contributed by atoms with Crippen LogP contribution in [-0.2, 0) is 11.2 Å². The van der Waals surface area contributed by atoms with Crippen molar-refractivity contribution in [3.8, 4) is 0 Å². The molecule has 0 aliphatic carbocycles. The van der Waals surface area contributed by atoms with Crippen LogP contribution in [0.5, 0.6) is 0 Å². The van der Waals surface area contributed by atoms with Gasteiger partial charge in [0.1, 0.15) is 6.04 Å². The zero-order chi connectivity index (χ0) is 14.2. The Kier molecular flexibility index (Phi) is 5.35. The van der Waals surface area contributed by atoms with E-state index >= 15 is 0 Å². The number of nitrogens with zero attached hydrogens (tertiary/aromatic N) is 2. The van der Waals surface area contributed by atoms with Crippen LogP contribution in [0.3, 0.4) is 0 Å². The molecule has 0 radical (unpaired) electrons. The third-order valence-electron chi connectivity index (χ3n) is 3.29. The molecule has 1 aromatic heterocycles. The molecule has 1 N–H and O–H groups in total. The maximum atomic E-state index is 12.4. The van der Waals surface area contributed by atoms with E-state index in [0.29, 0.717) is 6.42 Å². The summed E-state index contributed by atoms with van der Waals surface area (Å²) in [6, 6.07) is 9.82. The number of imidazole rings is 1. The van der Waals surface area contributed by atoms with Crippen molar-refractivity contribution in [2.45, 2.75) is 32.2 Å². The van der Waals surface area contributed by atoms with Gasteiger partial charge < -0.3 is 9.88 Å². The van der Waals surface area contributed by atoms with Crippen LogP contribution in [0, 0.1) is 0 Å². The molecule has 0 aliphatic rings.